The van der Waals surface area contributed by atoms with Gasteiger partial charge in [0.2, 0.25) is 5.91 Å². The maximum absolute atomic E-state index is 11.5. The van der Waals surface area contributed by atoms with Crippen molar-refractivity contribution in [3.05, 3.63) is 0 Å². The third-order valence-corrected chi connectivity index (χ3v) is 3.71. The lowest BCUT2D eigenvalue weighted by atomic mass is 9.60. The van der Waals surface area contributed by atoms with Crippen molar-refractivity contribution >= 4 is 5.91 Å². The predicted octanol–water partition coefficient (Wildman–Crippen LogP) is 0.947. The fourth-order valence-electron chi connectivity index (χ4n) is 2.74. The Kier molecular flexibility index (Phi) is 1.83. The Morgan fingerprint density at radius 1 is 1.25 bits per heavy atom. The molecule has 3 nitrogen and oxygen atoms in total. The molecular formula is C9H16N2O. The Labute approximate surface area is 72.7 Å². The van der Waals surface area contributed by atoms with E-state index in [9.17, 15) is 4.79 Å². The van der Waals surface area contributed by atoms with E-state index < -0.39 is 0 Å². The lowest BCUT2D eigenvalue weighted by Crippen LogP contribution is -2.48. The van der Waals surface area contributed by atoms with Crippen LogP contribution >= 0.6 is 0 Å². The zero-order valence-electron chi connectivity index (χ0n) is 7.31. The summed E-state index contributed by atoms with van der Waals surface area (Å²) >= 11 is 0. The number of nitrogens with one attached hydrogen (secondary N) is 1. The van der Waals surface area contributed by atoms with E-state index in [1.54, 1.807) is 0 Å². The Morgan fingerprint density at radius 2 is 1.75 bits per heavy atom. The van der Waals surface area contributed by atoms with Crippen LogP contribution in [0.2, 0.25) is 0 Å². The minimum atomic E-state index is -0.0799. The van der Waals surface area contributed by atoms with Gasteiger partial charge < -0.3 is 0 Å². The lowest BCUT2D eigenvalue weighted by Gasteiger charge is -2.44. The molecule has 0 spiro atoms. The molecule has 3 heteroatoms. The molecule has 0 aliphatic heterocycles. The summed E-state index contributed by atoms with van der Waals surface area (Å²) in [7, 11) is 0. The van der Waals surface area contributed by atoms with E-state index in [0.29, 0.717) is 0 Å². The zero-order valence-corrected chi connectivity index (χ0v) is 7.31. The molecule has 0 radical (unpaired) electrons. The Balaban J connectivity index is 2.13. The second-order valence-electron chi connectivity index (χ2n) is 4.24. The first-order chi connectivity index (χ1) is 5.77. The summed E-state index contributed by atoms with van der Waals surface area (Å²) in [5.74, 6) is 6.15. The maximum Gasteiger partial charge on any atom is 0.240 e. The number of nitrogens with two attached hydrogens (primary N) is 1. The van der Waals surface area contributed by atoms with Crippen molar-refractivity contribution in [2.75, 3.05) is 0 Å². The predicted molar refractivity (Wildman–Crippen MR) is 46.0 cm³/mol. The maximum atomic E-state index is 11.5. The van der Waals surface area contributed by atoms with E-state index in [4.69, 9.17) is 5.84 Å². The van der Waals surface area contributed by atoms with Gasteiger partial charge in [-0.3, -0.25) is 10.2 Å². The second kappa shape index (κ2) is 2.73. The van der Waals surface area contributed by atoms with Crippen LogP contribution in [0.5, 0.6) is 0 Å². The summed E-state index contributed by atoms with van der Waals surface area (Å²) in [6.07, 6.45) is 6.86. The van der Waals surface area contributed by atoms with Crippen molar-refractivity contribution < 1.29 is 4.79 Å². The van der Waals surface area contributed by atoms with Crippen molar-refractivity contribution in [2.24, 2.45) is 17.2 Å². The largest absolute Gasteiger partial charge is 0.294 e. The molecule has 0 aromatic rings. The van der Waals surface area contributed by atoms with E-state index in [1.807, 2.05) is 0 Å². The smallest absolute Gasteiger partial charge is 0.240 e. The van der Waals surface area contributed by atoms with Gasteiger partial charge in [-0.05, 0) is 44.4 Å². The topological polar surface area (TPSA) is 55.1 Å². The van der Waals surface area contributed by atoms with E-state index in [0.717, 1.165) is 25.2 Å². The van der Waals surface area contributed by atoms with Gasteiger partial charge in [0, 0.05) is 0 Å². The van der Waals surface area contributed by atoms with Crippen LogP contribution < -0.4 is 11.3 Å². The summed E-state index contributed by atoms with van der Waals surface area (Å²) in [4.78, 5) is 11.5. The molecule has 3 N–H and O–H groups in total. The molecular weight excluding hydrogens is 152 g/mol. The highest BCUT2D eigenvalue weighted by Crippen LogP contribution is 2.50. The van der Waals surface area contributed by atoms with Crippen LogP contribution in [-0.4, -0.2) is 5.91 Å². The Morgan fingerprint density at radius 3 is 2.17 bits per heavy atom. The number of fused-ring (bicyclic) bond motifs is 3. The first-order valence-corrected chi connectivity index (χ1v) is 4.78. The highest BCUT2D eigenvalue weighted by Gasteiger charge is 2.45. The minimum Gasteiger partial charge on any atom is -0.294 e. The quantitative estimate of drug-likeness (QED) is 0.348. The third-order valence-electron chi connectivity index (χ3n) is 3.71. The number of rotatable bonds is 1. The number of amides is 1. The highest BCUT2D eigenvalue weighted by molar-refractivity contribution is 5.82. The zero-order chi connectivity index (χ0) is 8.60. The van der Waals surface area contributed by atoms with Crippen LogP contribution in [0.3, 0.4) is 0 Å². The summed E-state index contributed by atoms with van der Waals surface area (Å²) in [5.41, 5.74) is 2.23. The molecule has 0 unspecified atom stereocenters. The summed E-state index contributed by atoms with van der Waals surface area (Å²) in [6, 6.07) is 0. The molecule has 1 amide bonds. The summed E-state index contributed by atoms with van der Waals surface area (Å²) in [6.45, 7) is 0. The first-order valence-electron chi connectivity index (χ1n) is 4.78. The fourth-order valence-corrected chi connectivity index (χ4v) is 2.74. The molecule has 68 valence electrons. The van der Waals surface area contributed by atoms with Crippen LogP contribution in [-0.2, 0) is 4.79 Å². The van der Waals surface area contributed by atoms with Crippen molar-refractivity contribution in [1.82, 2.24) is 5.43 Å². The van der Waals surface area contributed by atoms with Gasteiger partial charge in [-0.25, -0.2) is 5.84 Å². The van der Waals surface area contributed by atoms with Crippen LogP contribution in [0, 0.1) is 11.3 Å². The highest BCUT2D eigenvalue weighted by atomic mass is 16.2. The van der Waals surface area contributed by atoms with E-state index in [-0.39, 0.29) is 11.3 Å². The standard InChI is InChI=1S/C9H16N2O/c10-11-8(12)9-4-1-7(2-5-9)3-6-9/h7H,1-6,10H2,(H,11,12). The third kappa shape index (κ3) is 1.04. The Hall–Kier alpha value is -0.570. The average molecular weight is 168 g/mol. The average Bonchev–Trinajstić information content (AvgIpc) is 2.19. The van der Waals surface area contributed by atoms with E-state index in [2.05, 4.69) is 5.43 Å². The molecule has 0 saturated heterocycles. The number of carbonyl (C=O) groups is 1. The molecule has 0 aromatic heterocycles. The number of hydrogen-bond acceptors (Lipinski definition) is 2. The van der Waals surface area contributed by atoms with Gasteiger partial charge in [-0.2, -0.15) is 0 Å². The van der Waals surface area contributed by atoms with Gasteiger partial charge in [0.05, 0.1) is 5.41 Å². The second-order valence-corrected chi connectivity index (χ2v) is 4.24. The fraction of sp³-hybridized carbons (Fsp3) is 0.889. The minimum absolute atomic E-state index is 0.0700. The molecule has 3 rings (SSSR count). The van der Waals surface area contributed by atoms with Gasteiger partial charge in [-0.1, -0.05) is 0 Å². The van der Waals surface area contributed by atoms with Gasteiger partial charge >= 0.3 is 0 Å². The van der Waals surface area contributed by atoms with Crippen molar-refractivity contribution in [2.45, 2.75) is 38.5 Å². The molecule has 0 aromatic carbocycles. The molecule has 0 atom stereocenters. The number of hydrazine groups is 1. The van der Waals surface area contributed by atoms with Gasteiger partial charge in [0.1, 0.15) is 0 Å². The molecule has 2 bridgehead atoms. The van der Waals surface area contributed by atoms with Gasteiger partial charge in [0.15, 0.2) is 0 Å². The monoisotopic (exact) mass is 168 g/mol. The van der Waals surface area contributed by atoms with Crippen LogP contribution in [0.15, 0.2) is 0 Å². The van der Waals surface area contributed by atoms with E-state index >= 15 is 0 Å². The van der Waals surface area contributed by atoms with Crippen molar-refractivity contribution in [3.8, 4) is 0 Å². The van der Waals surface area contributed by atoms with Crippen LogP contribution in [0.4, 0.5) is 0 Å². The van der Waals surface area contributed by atoms with Crippen LogP contribution in [0.1, 0.15) is 38.5 Å². The number of hydrogen-bond donors (Lipinski definition) is 2. The molecule has 0 heterocycles. The normalized spacial score (nSPS) is 39.6. The Bertz CT molecular complexity index is 181. The summed E-state index contributed by atoms with van der Waals surface area (Å²) < 4.78 is 0. The first kappa shape index (κ1) is 8.05. The molecule has 3 saturated carbocycles. The van der Waals surface area contributed by atoms with Crippen molar-refractivity contribution in [3.63, 3.8) is 0 Å². The molecule has 3 aliphatic rings. The van der Waals surface area contributed by atoms with Gasteiger partial charge in [-0.15, -0.1) is 0 Å². The summed E-state index contributed by atoms with van der Waals surface area (Å²) in [5, 5.41) is 0. The van der Waals surface area contributed by atoms with E-state index in [1.165, 1.54) is 19.3 Å². The van der Waals surface area contributed by atoms with Gasteiger partial charge in [0.25, 0.3) is 0 Å². The number of carbonyl (C=O) groups excluding carboxylic acids is 1. The SMILES string of the molecule is NNC(=O)C12CCC(CC1)CC2. The molecule has 12 heavy (non-hydrogen) atoms. The lowest BCUT2D eigenvalue weighted by molar-refractivity contribution is -0.137. The van der Waals surface area contributed by atoms with Crippen molar-refractivity contribution in [1.29, 1.82) is 0 Å². The molecule has 3 fully saturated rings. The van der Waals surface area contributed by atoms with Crippen LogP contribution in [0.25, 0.3) is 0 Å². The molecule has 3 aliphatic carbocycles.